The Hall–Kier alpha value is -1.15. The van der Waals surface area contributed by atoms with Crippen LogP contribution >= 0.6 is 0 Å². The summed E-state index contributed by atoms with van der Waals surface area (Å²) >= 11 is 0. The lowest BCUT2D eigenvalue weighted by Crippen LogP contribution is -2.33. The van der Waals surface area contributed by atoms with Crippen molar-refractivity contribution in [2.45, 2.75) is 45.5 Å². The summed E-state index contributed by atoms with van der Waals surface area (Å²) in [6.07, 6.45) is -1.66. The number of ether oxygens (including phenoxy) is 1. The Bertz CT molecular complexity index is 381. The monoisotopic (exact) mass is 294 g/mol. The van der Waals surface area contributed by atoms with Crippen LogP contribution in [0.3, 0.4) is 0 Å². The molecule has 1 heterocycles. The van der Waals surface area contributed by atoms with Crippen molar-refractivity contribution in [3.05, 3.63) is 12.2 Å². The van der Waals surface area contributed by atoms with Gasteiger partial charge in [-0.05, 0) is 19.9 Å². The molecule has 1 unspecified atom stereocenters. The van der Waals surface area contributed by atoms with Gasteiger partial charge in [0.25, 0.3) is 0 Å². The van der Waals surface area contributed by atoms with Crippen LogP contribution in [0.1, 0.15) is 26.1 Å². The first-order chi connectivity index (χ1) is 9.46. The summed E-state index contributed by atoms with van der Waals surface area (Å²) in [4.78, 5) is 4.17. The first-order valence-electron chi connectivity index (χ1n) is 6.70. The maximum Gasteiger partial charge on any atom is 0.411 e. The van der Waals surface area contributed by atoms with Crippen molar-refractivity contribution in [1.29, 1.82) is 0 Å². The number of hydrogen-bond donors (Lipinski definition) is 1. The maximum absolute atomic E-state index is 12.0. The predicted molar refractivity (Wildman–Crippen MR) is 68.4 cm³/mol. The molecule has 0 radical (unpaired) electrons. The quantitative estimate of drug-likeness (QED) is 0.706. The molecule has 0 spiro atoms. The van der Waals surface area contributed by atoms with Crippen molar-refractivity contribution in [2.24, 2.45) is 0 Å². The van der Waals surface area contributed by atoms with E-state index in [4.69, 9.17) is 0 Å². The normalized spacial score (nSPS) is 13.7. The number of aryl methyl sites for hydroxylation is 1. The van der Waals surface area contributed by atoms with Gasteiger partial charge in [0.15, 0.2) is 0 Å². The SMILES string of the molecule is CCNC(CCOCC(F)(F)F)Cc1ncnn1CC. The highest BCUT2D eigenvalue weighted by Gasteiger charge is 2.27. The first kappa shape index (κ1) is 16.9. The smallest absolute Gasteiger partial charge is 0.372 e. The second-order valence-electron chi connectivity index (χ2n) is 4.41. The van der Waals surface area contributed by atoms with Crippen LogP contribution in [0.15, 0.2) is 6.33 Å². The van der Waals surface area contributed by atoms with E-state index in [1.807, 2.05) is 13.8 Å². The molecule has 1 aromatic rings. The van der Waals surface area contributed by atoms with Crippen LogP contribution in [0.2, 0.25) is 0 Å². The Labute approximate surface area is 116 Å². The van der Waals surface area contributed by atoms with Gasteiger partial charge in [-0.3, -0.25) is 4.68 Å². The Morgan fingerprint density at radius 3 is 2.75 bits per heavy atom. The Kier molecular flexibility index (Phi) is 6.94. The standard InChI is InChI=1S/C12H21F3N4O/c1-3-16-10(5-6-20-8-12(13,14)15)7-11-17-9-18-19(11)4-2/h9-10,16H,3-8H2,1-2H3. The Balaban J connectivity index is 2.40. The number of nitrogens with zero attached hydrogens (tertiary/aromatic N) is 3. The average molecular weight is 294 g/mol. The fraction of sp³-hybridized carbons (Fsp3) is 0.833. The number of likely N-dealkylation sites (N-methyl/N-ethyl adjacent to an activating group) is 1. The minimum absolute atomic E-state index is 0.0303. The number of nitrogens with one attached hydrogen (secondary N) is 1. The van der Waals surface area contributed by atoms with Gasteiger partial charge in [-0.1, -0.05) is 6.92 Å². The van der Waals surface area contributed by atoms with Crippen LogP contribution in [0.4, 0.5) is 13.2 Å². The summed E-state index contributed by atoms with van der Waals surface area (Å²) in [6.45, 7) is 4.25. The lowest BCUT2D eigenvalue weighted by molar-refractivity contribution is -0.174. The molecule has 0 amide bonds. The van der Waals surface area contributed by atoms with Crippen molar-refractivity contribution in [3.63, 3.8) is 0 Å². The number of hydrogen-bond acceptors (Lipinski definition) is 4. The van der Waals surface area contributed by atoms with Crippen molar-refractivity contribution in [3.8, 4) is 0 Å². The van der Waals surface area contributed by atoms with Crippen molar-refractivity contribution < 1.29 is 17.9 Å². The summed E-state index contributed by atoms with van der Waals surface area (Å²) in [5.41, 5.74) is 0. The fourth-order valence-corrected chi connectivity index (χ4v) is 1.91. The summed E-state index contributed by atoms with van der Waals surface area (Å²) in [5.74, 6) is 0.828. The van der Waals surface area contributed by atoms with Gasteiger partial charge in [-0.15, -0.1) is 0 Å². The van der Waals surface area contributed by atoms with Gasteiger partial charge in [-0.2, -0.15) is 18.3 Å². The zero-order valence-electron chi connectivity index (χ0n) is 11.8. The van der Waals surface area contributed by atoms with E-state index >= 15 is 0 Å². The van der Waals surface area contributed by atoms with Gasteiger partial charge in [0, 0.05) is 25.6 Å². The molecule has 116 valence electrons. The molecule has 0 bridgehead atoms. The molecule has 0 aliphatic rings. The second-order valence-corrected chi connectivity index (χ2v) is 4.41. The van der Waals surface area contributed by atoms with Gasteiger partial charge in [0.1, 0.15) is 18.8 Å². The van der Waals surface area contributed by atoms with E-state index in [9.17, 15) is 13.2 Å². The summed E-state index contributed by atoms with van der Waals surface area (Å²) < 4.78 is 42.3. The molecule has 20 heavy (non-hydrogen) atoms. The van der Waals surface area contributed by atoms with Crippen molar-refractivity contribution in [2.75, 3.05) is 19.8 Å². The van der Waals surface area contributed by atoms with Crippen LogP contribution in [-0.2, 0) is 17.7 Å². The zero-order valence-corrected chi connectivity index (χ0v) is 11.8. The molecule has 0 aliphatic carbocycles. The van der Waals surface area contributed by atoms with Crippen LogP contribution in [0.25, 0.3) is 0 Å². The topological polar surface area (TPSA) is 52.0 Å². The second kappa shape index (κ2) is 8.21. The predicted octanol–water partition coefficient (Wildman–Crippen LogP) is 1.79. The van der Waals surface area contributed by atoms with Gasteiger partial charge < -0.3 is 10.1 Å². The highest BCUT2D eigenvalue weighted by atomic mass is 19.4. The number of rotatable bonds is 9. The maximum atomic E-state index is 12.0. The molecule has 1 rings (SSSR count). The molecule has 0 saturated carbocycles. The molecule has 5 nitrogen and oxygen atoms in total. The lowest BCUT2D eigenvalue weighted by Gasteiger charge is -2.18. The van der Waals surface area contributed by atoms with Gasteiger partial charge in [0.2, 0.25) is 0 Å². The van der Waals surface area contributed by atoms with E-state index in [1.54, 1.807) is 4.68 Å². The molecule has 1 atom stereocenters. The van der Waals surface area contributed by atoms with E-state index in [-0.39, 0.29) is 12.6 Å². The third kappa shape index (κ3) is 6.33. The molecule has 8 heteroatoms. The van der Waals surface area contributed by atoms with Crippen LogP contribution in [-0.4, -0.2) is 46.7 Å². The van der Waals surface area contributed by atoms with E-state index in [0.29, 0.717) is 12.8 Å². The lowest BCUT2D eigenvalue weighted by atomic mass is 10.1. The number of aromatic nitrogens is 3. The van der Waals surface area contributed by atoms with E-state index < -0.39 is 12.8 Å². The third-order valence-corrected chi connectivity index (χ3v) is 2.79. The molecule has 0 saturated heterocycles. The fourth-order valence-electron chi connectivity index (χ4n) is 1.91. The summed E-state index contributed by atoms with van der Waals surface area (Å²) in [6, 6.07) is 0.0303. The number of halogens is 3. The summed E-state index contributed by atoms with van der Waals surface area (Å²) in [5, 5.41) is 7.30. The van der Waals surface area contributed by atoms with Crippen LogP contribution in [0, 0.1) is 0 Å². The van der Waals surface area contributed by atoms with E-state index in [1.165, 1.54) is 6.33 Å². The molecule has 0 aromatic carbocycles. The molecule has 0 fully saturated rings. The van der Waals surface area contributed by atoms with Gasteiger partial charge in [0.05, 0.1) is 0 Å². The Morgan fingerprint density at radius 2 is 2.15 bits per heavy atom. The van der Waals surface area contributed by atoms with Crippen molar-refractivity contribution in [1.82, 2.24) is 20.1 Å². The highest BCUT2D eigenvalue weighted by Crippen LogP contribution is 2.14. The molecule has 1 N–H and O–H groups in total. The van der Waals surface area contributed by atoms with Gasteiger partial charge >= 0.3 is 6.18 Å². The van der Waals surface area contributed by atoms with Crippen LogP contribution < -0.4 is 5.32 Å². The number of alkyl halides is 3. The average Bonchev–Trinajstić information content (AvgIpc) is 2.81. The van der Waals surface area contributed by atoms with Gasteiger partial charge in [-0.25, -0.2) is 4.98 Å². The minimum atomic E-state index is -4.27. The molecule has 0 aliphatic heterocycles. The molecular formula is C12H21F3N4O. The van der Waals surface area contributed by atoms with Crippen LogP contribution in [0.5, 0.6) is 0 Å². The zero-order chi connectivity index (χ0) is 15.0. The third-order valence-electron chi connectivity index (χ3n) is 2.79. The summed E-state index contributed by atoms with van der Waals surface area (Å²) in [7, 11) is 0. The minimum Gasteiger partial charge on any atom is -0.372 e. The van der Waals surface area contributed by atoms with E-state index in [2.05, 4.69) is 20.1 Å². The largest absolute Gasteiger partial charge is 0.411 e. The molecule has 1 aromatic heterocycles. The highest BCUT2D eigenvalue weighted by molar-refractivity contribution is 4.89. The Morgan fingerprint density at radius 1 is 1.40 bits per heavy atom. The van der Waals surface area contributed by atoms with Crippen molar-refractivity contribution >= 4 is 0 Å². The molecular weight excluding hydrogens is 273 g/mol. The first-order valence-corrected chi connectivity index (χ1v) is 6.70. The van der Waals surface area contributed by atoms with E-state index in [0.717, 1.165) is 18.9 Å².